The summed E-state index contributed by atoms with van der Waals surface area (Å²) in [5.74, 6) is 1.61. The first-order chi connectivity index (χ1) is 17.6. The Labute approximate surface area is 209 Å². The molecule has 0 unspecified atom stereocenters. The van der Waals surface area contributed by atoms with E-state index in [0.717, 1.165) is 22.4 Å². The van der Waals surface area contributed by atoms with E-state index in [4.69, 9.17) is 4.74 Å². The number of phenols is 2. The second-order valence-electron chi connectivity index (χ2n) is 8.51. The van der Waals surface area contributed by atoms with Gasteiger partial charge in [0.25, 0.3) is 0 Å². The van der Waals surface area contributed by atoms with Crippen LogP contribution in [-0.4, -0.2) is 16.0 Å². The van der Waals surface area contributed by atoms with Crippen LogP contribution in [0.25, 0.3) is 0 Å². The number of aromatic hydroxyl groups is 2. The fourth-order valence-corrected chi connectivity index (χ4v) is 4.20. The number of hydrogen-bond donors (Lipinski definition) is 2. The molecular formula is C32H24O4. The van der Waals surface area contributed by atoms with E-state index in [0.29, 0.717) is 16.9 Å². The largest absolute Gasteiger partial charge is 0.508 e. The van der Waals surface area contributed by atoms with Crippen molar-refractivity contribution >= 4 is 5.78 Å². The third-order valence-corrected chi connectivity index (χ3v) is 6.05. The number of ketones is 1. The van der Waals surface area contributed by atoms with Gasteiger partial charge in [-0.3, -0.25) is 4.79 Å². The predicted molar refractivity (Wildman–Crippen MR) is 140 cm³/mol. The van der Waals surface area contributed by atoms with E-state index in [1.807, 2.05) is 78.9 Å². The highest BCUT2D eigenvalue weighted by molar-refractivity contribution is 6.09. The van der Waals surface area contributed by atoms with Gasteiger partial charge in [0.15, 0.2) is 5.78 Å². The maximum atomic E-state index is 13.1. The Morgan fingerprint density at radius 1 is 0.500 bits per heavy atom. The van der Waals surface area contributed by atoms with Gasteiger partial charge in [-0.05, 0) is 77.4 Å². The second-order valence-corrected chi connectivity index (χ2v) is 8.51. The van der Waals surface area contributed by atoms with Crippen molar-refractivity contribution in [1.29, 1.82) is 0 Å². The molecule has 0 amide bonds. The Morgan fingerprint density at radius 2 is 0.889 bits per heavy atom. The molecule has 0 aromatic heterocycles. The summed E-state index contributed by atoms with van der Waals surface area (Å²) >= 11 is 0. The van der Waals surface area contributed by atoms with Crippen LogP contribution >= 0.6 is 0 Å². The van der Waals surface area contributed by atoms with Crippen LogP contribution in [0.2, 0.25) is 0 Å². The van der Waals surface area contributed by atoms with Crippen LogP contribution in [0.15, 0.2) is 127 Å². The highest BCUT2D eigenvalue weighted by Crippen LogP contribution is 2.34. The summed E-state index contributed by atoms with van der Waals surface area (Å²) in [6.45, 7) is 0. The fourth-order valence-electron chi connectivity index (χ4n) is 4.20. The molecule has 0 saturated carbocycles. The molecule has 0 aliphatic heterocycles. The Hall–Kier alpha value is -4.83. The van der Waals surface area contributed by atoms with E-state index >= 15 is 0 Å². The van der Waals surface area contributed by atoms with Crippen molar-refractivity contribution in [3.05, 3.63) is 155 Å². The predicted octanol–water partition coefficient (Wildman–Crippen LogP) is 7.30. The smallest absolute Gasteiger partial charge is 0.193 e. The van der Waals surface area contributed by atoms with Gasteiger partial charge in [-0.2, -0.15) is 0 Å². The molecule has 36 heavy (non-hydrogen) atoms. The van der Waals surface area contributed by atoms with Crippen molar-refractivity contribution in [3.63, 3.8) is 0 Å². The van der Waals surface area contributed by atoms with Gasteiger partial charge in [0.05, 0.1) is 0 Å². The highest BCUT2D eigenvalue weighted by Gasteiger charge is 2.18. The average Bonchev–Trinajstić information content (AvgIpc) is 2.92. The summed E-state index contributed by atoms with van der Waals surface area (Å²) in [6.07, 6.45) is 0. The molecule has 0 fully saturated rings. The molecule has 0 atom stereocenters. The minimum absolute atomic E-state index is 0.0707. The normalized spacial score (nSPS) is 10.8. The molecule has 2 N–H and O–H groups in total. The molecule has 5 aromatic rings. The van der Waals surface area contributed by atoms with Gasteiger partial charge in [-0.25, -0.2) is 0 Å². The van der Waals surface area contributed by atoms with Gasteiger partial charge in [0.1, 0.15) is 23.0 Å². The van der Waals surface area contributed by atoms with Crippen LogP contribution < -0.4 is 4.74 Å². The minimum Gasteiger partial charge on any atom is -0.508 e. The summed E-state index contributed by atoms with van der Waals surface area (Å²) in [7, 11) is 0. The number of ether oxygens (including phenoxy) is 1. The van der Waals surface area contributed by atoms with Gasteiger partial charge >= 0.3 is 0 Å². The third kappa shape index (κ3) is 5.13. The number of para-hydroxylation sites is 1. The van der Waals surface area contributed by atoms with Crippen LogP contribution in [0.4, 0.5) is 0 Å². The van der Waals surface area contributed by atoms with E-state index in [2.05, 4.69) is 0 Å². The van der Waals surface area contributed by atoms with Crippen molar-refractivity contribution < 1.29 is 19.7 Å². The second kappa shape index (κ2) is 10.2. The molecule has 0 spiro atoms. The molecule has 5 aromatic carbocycles. The number of carbonyl (C=O) groups excluding carboxylic acids is 1. The Balaban J connectivity index is 1.38. The summed E-state index contributed by atoms with van der Waals surface area (Å²) < 4.78 is 5.82. The quantitative estimate of drug-likeness (QED) is 0.193. The maximum absolute atomic E-state index is 13.1. The van der Waals surface area contributed by atoms with Gasteiger partial charge < -0.3 is 14.9 Å². The Morgan fingerprint density at radius 3 is 1.36 bits per heavy atom. The molecule has 0 aliphatic carbocycles. The summed E-state index contributed by atoms with van der Waals surface area (Å²) in [5.41, 5.74) is 4.15. The highest BCUT2D eigenvalue weighted by atomic mass is 16.5. The van der Waals surface area contributed by atoms with Crippen LogP contribution in [0, 0.1) is 0 Å². The van der Waals surface area contributed by atoms with Gasteiger partial charge in [-0.15, -0.1) is 0 Å². The zero-order valence-corrected chi connectivity index (χ0v) is 19.4. The van der Waals surface area contributed by atoms with Crippen molar-refractivity contribution in [2.75, 3.05) is 0 Å². The number of benzene rings is 5. The molecule has 4 nitrogen and oxygen atoms in total. The molecular weight excluding hydrogens is 448 g/mol. The van der Waals surface area contributed by atoms with E-state index in [-0.39, 0.29) is 23.2 Å². The summed E-state index contributed by atoms with van der Waals surface area (Å²) in [6, 6.07) is 38.3. The van der Waals surface area contributed by atoms with E-state index in [1.165, 1.54) is 0 Å². The van der Waals surface area contributed by atoms with Crippen LogP contribution in [0.1, 0.15) is 38.5 Å². The number of rotatable bonds is 7. The molecule has 0 aliphatic rings. The first-order valence-electron chi connectivity index (χ1n) is 11.6. The van der Waals surface area contributed by atoms with Gasteiger partial charge in [0.2, 0.25) is 0 Å². The minimum atomic E-state index is -0.121. The van der Waals surface area contributed by atoms with E-state index in [1.54, 1.807) is 48.5 Å². The average molecular weight is 473 g/mol. The number of phenolic OH excluding ortho intramolecular Hbond substituents is 2. The standard InChI is InChI=1S/C32H24O4/c33-27-16-10-23(11-17-27)31(24-12-18-28(34)19-13-24)22-6-8-25(9-7-22)32(35)26-14-20-30(21-15-26)36-29-4-2-1-3-5-29/h1-21,31,33-34H. The topological polar surface area (TPSA) is 66.8 Å². The summed E-state index contributed by atoms with van der Waals surface area (Å²) in [4.78, 5) is 13.1. The van der Waals surface area contributed by atoms with Crippen molar-refractivity contribution in [2.45, 2.75) is 5.92 Å². The molecule has 0 bridgehead atoms. The SMILES string of the molecule is O=C(c1ccc(Oc2ccccc2)cc1)c1ccc(C(c2ccc(O)cc2)c2ccc(O)cc2)cc1. The third-order valence-electron chi connectivity index (χ3n) is 6.05. The zero-order chi connectivity index (χ0) is 24.9. The van der Waals surface area contributed by atoms with Gasteiger partial charge in [0, 0.05) is 17.0 Å². The van der Waals surface area contributed by atoms with Crippen LogP contribution in [0.5, 0.6) is 23.0 Å². The van der Waals surface area contributed by atoms with Crippen molar-refractivity contribution in [1.82, 2.24) is 0 Å². The van der Waals surface area contributed by atoms with Crippen LogP contribution in [-0.2, 0) is 0 Å². The summed E-state index contributed by atoms with van der Waals surface area (Å²) in [5, 5.41) is 19.5. The van der Waals surface area contributed by atoms with E-state index < -0.39 is 0 Å². The lowest BCUT2D eigenvalue weighted by Crippen LogP contribution is -2.05. The molecule has 0 radical (unpaired) electrons. The molecule has 176 valence electrons. The molecule has 0 saturated heterocycles. The zero-order valence-electron chi connectivity index (χ0n) is 19.4. The van der Waals surface area contributed by atoms with Crippen molar-refractivity contribution in [2.24, 2.45) is 0 Å². The first kappa shape index (κ1) is 22.9. The Bertz CT molecular complexity index is 1390. The first-order valence-corrected chi connectivity index (χ1v) is 11.6. The van der Waals surface area contributed by atoms with Crippen molar-refractivity contribution in [3.8, 4) is 23.0 Å². The maximum Gasteiger partial charge on any atom is 0.193 e. The molecule has 4 heteroatoms. The van der Waals surface area contributed by atoms with Crippen LogP contribution in [0.3, 0.4) is 0 Å². The lowest BCUT2D eigenvalue weighted by molar-refractivity contribution is 0.103. The molecule has 0 heterocycles. The monoisotopic (exact) mass is 472 g/mol. The Kier molecular flexibility index (Phi) is 6.50. The lowest BCUT2D eigenvalue weighted by Gasteiger charge is -2.19. The molecule has 5 rings (SSSR count). The number of hydrogen-bond acceptors (Lipinski definition) is 4. The van der Waals surface area contributed by atoms with Gasteiger partial charge in [-0.1, -0.05) is 66.7 Å². The fraction of sp³-hybridized carbons (Fsp3) is 0.0312. The van der Waals surface area contributed by atoms with E-state index in [9.17, 15) is 15.0 Å². The number of carbonyl (C=O) groups is 1. The lowest BCUT2D eigenvalue weighted by atomic mass is 9.84.